The molecule has 0 aliphatic heterocycles. The monoisotopic (exact) mass is 391 g/mol. The Hall–Kier alpha value is -2.94. The van der Waals surface area contributed by atoms with Gasteiger partial charge in [-0.25, -0.2) is 12.8 Å². The minimum atomic E-state index is -3.54. The number of nitrogens with zero attached hydrogens (tertiary/aromatic N) is 2. The van der Waals surface area contributed by atoms with Gasteiger partial charge in [0.25, 0.3) is 5.91 Å². The number of primary amides is 1. The number of halogens is 1. The number of pyridine rings is 1. The third-order valence-corrected chi connectivity index (χ3v) is 5.44. The van der Waals surface area contributed by atoms with Crippen LogP contribution in [0.15, 0.2) is 34.7 Å². The summed E-state index contributed by atoms with van der Waals surface area (Å²) in [4.78, 5) is 16.4. The van der Waals surface area contributed by atoms with E-state index >= 15 is 0 Å². The summed E-state index contributed by atoms with van der Waals surface area (Å²) in [6.45, 7) is 1.84. The van der Waals surface area contributed by atoms with Crippen LogP contribution in [-0.4, -0.2) is 32.6 Å². The fourth-order valence-electron chi connectivity index (χ4n) is 2.79. The minimum absolute atomic E-state index is 0.0748. The summed E-state index contributed by atoms with van der Waals surface area (Å²) in [5, 5.41) is 0.379. The lowest BCUT2D eigenvalue weighted by atomic mass is 10.0. The molecule has 0 radical (unpaired) electrons. The maximum atomic E-state index is 13.2. The molecule has 2 aromatic heterocycles. The van der Waals surface area contributed by atoms with Crippen LogP contribution in [0.25, 0.3) is 22.4 Å². The normalized spacial score (nSPS) is 11.7. The predicted molar refractivity (Wildman–Crippen MR) is 101 cm³/mol. The van der Waals surface area contributed by atoms with Crippen LogP contribution in [0.2, 0.25) is 0 Å². The molecule has 0 fully saturated rings. The van der Waals surface area contributed by atoms with Crippen molar-refractivity contribution >= 4 is 32.8 Å². The lowest BCUT2D eigenvalue weighted by molar-refractivity contribution is 0.100. The van der Waals surface area contributed by atoms with Gasteiger partial charge >= 0.3 is 0 Å². The van der Waals surface area contributed by atoms with E-state index in [1.807, 2.05) is 6.92 Å². The van der Waals surface area contributed by atoms with Crippen molar-refractivity contribution in [2.45, 2.75) is 13.3 Å². The molecule has 0 saturated heterocycles. The standard InChI is InChI=1S/C18H18FN3O4S/c1-4-10-9-13-14(16(20)23)15(11-5-7-12(19)8-6-11)26-18(13)21-17(10)22(2)27(3,24)25/h5-9H,4H2,1-3H3,(H2,20,23). The molecule has 0 saturated carbocycles. The average Bonchev–Trinajstić information content (AvgIpc) is 2.98. The molecule has 0 aliphatic carbocycles. The number of carbonyl (C=O) groups is 1. The Balaban J connectivity index is 2.32. The summed E-state index contributed by atoms with van der Waals surface area (Å²) in [6, 6.07) is 7.05. The van der Waals surface area contributed by atoms with E-state index in [0.29, 0.717) is 22.9 Å². The van der Waals surface area contributed by atoms with Crippen LogP contribution < -0.4 is 10.0 Å². The molecular weight excluding hydrogens is 373 g/mol. The lowest BCUT2D eigenvalue weighted by Gasteiger charge is -2.18. The second-order valence-electron chi connectivity index (χ2n) is 6.09. The summed E-state index contributed by atoms with van der Waals surface area (Å²) in [5.74, 6) is -0.783. The molecule has 0 aliphatic rings. The van der Waals surface area contributed by atoms with Crippen LogP contribution in [0, 0.1) is 5.82 Å². The maximum Gasteiger partial charge on any atom is 0.253 e. The fourth-order valence-corrected chi connectivity index (χ4v) is 3.27. The molecule has 2 heterocycles. The topological polar surface area (TPSA) is 106 Å². The van der Waals surface area contributed by atoms with E-state index in [2.05, 4.69) is 4.98 Å². The van der Waals surface area contributed by atoms with E-state index in [4.69, 9.17) is 10.2 Å². The third-order valence-electron chi connectivity index (χ3n) is 4.27. The smallest absolute Gasteiger partial charge is 0.253 e. The van der Waals surface area contributed by atoms with Crippen LogP contribution in [0.1, 0.15) is 22.8 Å². The number of aryl methyl sites for hydroxylation is 1. The Kier molecular flexibility index (Phi) is 4.64. The van der Waals surface area contributed by atoms with Gasteiger partial charge in [-0.15, -0.1) is 0 Å². The van der Waals surface area contributed by atoms with Crippen molar-refractivity contribution in [3.8, 4) is 11.3 Å². The second-order valence-corrected chi connectivity index (χ2v) is 8.10. The molecule has 27 heavy (non-hydrogen) atoms. The van der Waals surface area contributed by atoms with E-state index in [9.17, 15) is 17.6 Å². The van der Waals surface area contributed by atoms with Crippen molar-refractivity contribution in [3.63, 3.8) is 0 Å². The highest BCUT2D eigenvalue weighted by Gasteiger charge is 2.25. The largest absolute Gasteiger partial charge is 0.437 e. The van der Waals surface area contributed by atoms with Gasteiger partial charge in [0.15, 0.2) is 0 Å². The second kappa shape index (κ2) is 6.66. The Bertz CT molecular complexity index is 1140. The van der Waals surface area contributed by atoms with Crippen molar-refractivity contribution in [3.05, 3.63) is 47.3 Å². The molecular formula is C18H18FN3O4S. The highest BCUT2D eigenvalue weighted by atomic mass is 32.2. The molecule has 1 amide bonds. The number of sulfonamides is 1. The van der Waals surface area contributed by atoms with Crippen molar-refractivity contribution in [2.75, 3.05) is 17.6 Å². The zero-order chi connectivity index (χ0) is 19.9. The van der Waals surface area contributed by atoms with Crippen LogP contribution in [0.5, 0.6) is 0 Å². The Morgan fingerprint density at radius 3 is 2.44 bits per heavy atom. The number of fused-ring (bicyclic) bond motifs is 1. The highest BCUT2D eigenvalue weighted by Crippen LogP contribution is 2.35. The van der Waals surface area contributed by atoms with Crippen LogP contribution in [-0.2, 0) is 16.4 Å². The first-order chi connectivity index (χ1) is 12.6. The first-order valence-electron chi connectivity index (χ1n) is 8.09. The quantitative estimate of drug-likeness (QED) is 0.720. The first kappa shape index (κ1) is 18.8. The molecule has 3 aromatic rings. The van der Waals surface area contributed by atoms with Crippen LogP contribution in [0.3, 0.4) is 0 Å². The van der Waals surface area contributed by atoms with Gasteiger partial charge in [-0.2, -0.15) is 4.98 Å². The number of rotatable bonds is 5. The van der Waals surface area contributed by atoms with Gasteiger partial charge < -0.3 is 10.2 Å². The lowest BCUT2D eigenvalue weighted by Crippen LogP contribution is -2.26. The van der Waals surface area contributed by atoms with Gasteiger partial charge in [-0.3, -0.25) is 9.10 Å². The Labute approximate surface area is 155 Å². The van der Waals surface area contributed by atoms with Crippen molar-refractivity contribution in [2.24, 2.45) is 5.73 Å². The summed E-state index contributed by atoms with van der Waals surface area (Å²) >= 11 is 0. The molecule has 142 valence electrons. The van der Waals surface area contributed by atoms with E-state index in [-0.39, 0.29) is 22.9 Å². The number of amides is 1. The third kappa shape index (κ3) is 3.37. The van der Waals surface area contributed by atoms with Crippen LogP contribution in [0.4, 0.5) is 10.2 Å². The summed E-state index contributed by atoms with van der Waals surface area (Å²) in [6.07, 6.45) is 1.55. The van der Waals surface area contributed by atoms with Crippen LogP contribution >= 0.6 is 0 Å². The SMILES string of the molecule is CCc1cc2c(C(N)=O)c(-c3ccc(F)cc3)oc2nc1N(C)S(C)(=O)=O. The number of hydrogen-bond acceptors (Lipinski definition) is 5. The van der Waals surface area contributed by atoms with Gasteiger partial charge in [0.1, 0.15) is 17.4 Å². The number of aromatic nitrogens is 1. The molecule has 0 atom stereocenters. The molecule has 0 unspecified atom stereocenters. The van der Waals surface area contributed by atoms with Crippen molar-refractivity contribution in [1.82, 2.24) is 4.98 Å². The Morgan fingerprint density at radius 1 is 1.30 bits per heavy atom. The van der Waals surface area contributed by atoms with E-state index in [1.165, 1.54) is 31.3 Å². The molecule has 9 heteroatoms. The van der Waals surface area contributed by atoms with Gasteiger partial charge in [-0.05, 0) is 42.3 Å². The number of carbonyl (C=O) groups excluding carboxylic acids is 1. The number of hydrogen-bond donors (Lipinski definition) is 1. The molecule has 3 rings (SSSR count). The van der Waals surface area contributed by atoms with Crippen molar-refractivity contribution in [1.29, 1.82) is 0 Å². The highest BCUT2D eigenvalue weighted by molar-refractivity contribution is 7.92. The number of anilines is 1. The van der Waals surface area contributed by atoms with E-state index in [0.717, 1.165) is 10.6 Å². The molecule has 7 nitrogen and oxygen atoms in total. The summed E-state index contributed by atoms with van der Waals surface area (Å²) in [5.41, 5.74) is 6.81. The molecule has 0 spiro atoms. The van der Waals surface area contributed by atoms with Gasteiger partial charge in [0.05, 0.1) is 17.2 Å². The molecule has 0 bridgehead atoms. The fraction of sp³-hybridized carbons (Fsp3) is 0.222. The van der Waals surface area contributed by atoms with E-state index in [1.54, 1.807) is 6.07 Å². The number of nitrogens with two attached hydrogens (primary N) is 1. The summed E-state index contributed by atoms with van der Waals surface area (Å²) in [7, 11) is -2.15. The minimum Gasteiger partial charge on any atom is -0.437 e. The predicted octanol–water partition coefficient (Wildman–Crippen LogP) is 2.69. The average molecular weight is 391 g/mol. The zero-order valence-corrected chi connectivity index (χ0v) is 15.8. The van der Waals surface area contributed by atoms with Gasteiger partial charge in [0.2, 0.25) is 15.7 Å². The zero-order valence-electron chi connectivity index (χ0n) is 15.0. The van der Waals surface area contributed by atoms with E-state index < -0.39 is 21.7 Å². The Morgan fingerprint density at radius 2 is 1.93 bits per heavy atom. The van der Waals surface area contributed by atoms with Gasteiger partial charge in [-0.1, -0.05) is 6.92 Å². The molecule has 2 N–H and O–H groups in total. The first-order valence-corrected chi connectivity index (χ1v) is 9.94. The maximum absolute atomic E-state index is 13.2. The molecule has 1 aromatic carbocycles. The number of furan rings is 1. The van der Waals surface area contributed by atoms with Gasteiger partial charge in [0, 0.05) is 12.6 Å². The number of benzene rings is 1. The van der Waals surface area contributed by atoms with Crippen molar-refractivity contribution < 1.29 is 22.0 Å². The summed E-state index contributed by atoms with van der Waals surface area (Å²) < 4.78 is 43.8.